The average Bonchev–Trinajstić information content (AvgIpc) is 2.85. The highest BCUT2D eigenvalue weighted by atomic mass is 79.9. The van der Waals surface area contributed by atoms with Crippen molar-refractivity contribution in [2.45, 2.75) is 39.2 Å². The van der Waals surface area contributed by atoms with Gasteiger partial charge in [0.2, 0.25) is 5.76 Å². The summed E-state index contributed by atoms with van der Waals surface area (Å²) in [7, 11) is 0. The minimum absolute atomic E-state index is 0.301. The van der Waals surface area contributed by atoms with E-state index in [4.69, 9.17) is 9.68 Å². The Labute approximate surface area is 120 Å². The molecule has 2 aromatic rings. The highest BCUT2D eigenvalue weighted by Gasteiger charge is 2.14. The van der Waals surface area contributed by atoms with E-state index in [-0.39, 0.29) is 0 Å². The third kappa shape index (κ3) is 2.90. The topological polar surface area (TPSA) is 61.9 Å². The second-order valence-electron chi connectivity index (χ2n) is 4.46. The van der Waals surface area contributed by atoms with Gasteiger partial charge in [-0.2, -0.15) is 5.26 Å². The average molecular weight is 322 g/mol. The van der Waals surface area contributed by atoms with E-state index in [0.29, 0.717) is 17.4 Å². The molecule has 1 atom stereocenters. The highest BCUT2D eigenvalue weighted by Crippen LogP contribution is 2.32. The smallest absolute Gasteiger partial charge is 0.204 e. The number of fused-ring (bicyclic) bond motifs is 1. The van der Waals surface area contributed by atoms with Crippen LogP contribution in [0.15, 0.2) is 21.2 Å². The maximum Gasteiger partial charge on any atom is 0.204 e. The molecule has 1 N–H and O–H groups in total. The number of hydrogen-bond acceptors (Lipinski definition) is 4. The normalized spacial score (nSPS) is 12.3. The summed E-state index contributed by atoms with van der Waals surface area (Å²) in [5.41, 5.74) is 0.623. The van der Waals surface area contributed by atoms with Crippen LogP contribution in [0, 0.1) is 11.3 Å². The van der Waals surface area contributed by atoms with Gasteiger partial charge in [0.1, 0.15) is 11.9 Å². The van der Waals surface area contributed by atoms with Crippen molar-refractivity contribution in [3.8, 4) is 6.07 Å². The van der Waals surface area contributed by atoms with Crippen molar-refractivity contribution >= 4 is 32.7 Å². The number of halogens is 1. The molecule has 0 saturated heterocycles. The molecule has 4 nitrogen and oxygen atoms in total. The number of nitriles is 1. The fourth-order valence-electron chi connectivity index (χ4n) is 2.06. The molecule has 0 radical (unpaired) electrons. The first-order chi connectivity index (χ1) is 9.19. The molecule has 19 heavy (non-hydrogen) atoms. The second kappa shape index (κ2) is 6.07. The Balaban J connectivity index is 2.34. The van der Waals surface area contributed by atoms with Crippen molar-refractivity contribution in [3.63, 3.8) is 0 Å². The first-order valence-electron chi connectivity index (χ1n) is 6.44. The standard InChI is InChI=1S/C14H16BrN3O/c1-3-5-9(4-2)18-14-13(15)11-6-10(7-16)19-12(11)8-17-14/h6,8-9H,3-5H2,1-2H3,(H,17,18). The summed E-state index contributed by atoms with van der Waals surface area (Å²) in [6.45, 7) is 4.33. The van der Waals surface area contributed by atoms with E-state index in [9.17, 15) is 0 Å². The Hall–Kier alpha value is -1.54. The summed E-state index contributed by atoms with van der Waals surface area (Å²) >= 11 is 3.54. The van der Waals surface area contributed by atoms with Crippen LogP contribution in [0.5, 0.6) is 0 Å². The molecule has 0 bridgehead atoms. The van der Waals surface area contributed by atoms with Crippen LogP contribution in [-0.2, 0) is 0 Å². The minimum Gasteiger partial charge on any atom is -0.444 e. The van der Waals surface area contributed by atoms with Crippen LogP contribution < -0.4 is 5.32 Å². The van der Waals surface area contributed by atoms with Gasteiger partial charge in [-0.1, -0.05) is 20.3 Å². The molecule has 0 aliphatic carbocycles. The Morgan fingerprint density at radius 2 is 2.32 bits per heavy atom. The van der Waals surface area contributed by atoms with Crippen molar-refractivity contribution < 1.29 is 4.42 Å². The van der Waals surface area contributed by atoms with Crippen molar-refractivity contribution in [2.24, 2.45) is 0 Å². The van der Waals surface area contributed by atoms with E-state index in [0.717, 1.165) is 34.9 Å². The van der Waals surface area contributed by atoms with Crippen LogP contribution in [0.3, 0.4) is 0 Å². The zero-order chi connectivity index (χ0) is 13.8. The fourth-order valence-corrected chi connectivity index (χ4v) is 2.58. The number of nitrogens with one attached hydrogen (secondary N) is 1. The summed E-state index contributed by atoms with van der Waals surface area (Å²) in [5, 5.41) is 13.2. The van der Waals surface area contributed by atoms with E-state index in [2.05, 4.69) is 40.1 Å². The van der Waals surface area contributed by atoms with Crippen LogP contribution in [-0.4, -0.2) is 11.0 Å². The maximum atomic E-state index is 8.86. The molecule has 2 aromatic heterocycles. The van der Waals surface area contributed by atoms with E-state index in [1.807, 2.05) is 6.07 Å². The van der Waals surface area contributed by atoms with Crippen molar-refractivity contribution in [3.05, 3.63) is 22.5 Å². The molecule has 0 aromatic carbocycles. The van der Waals surface area contributed by atoms with E-state index in [1.54, 1.807) is 12.3 Å². The summed E-state index contributed by atoms with van der Waals surface area (Å²) < 4.78 is 6.20. The molecule has 0 aliphatic heterocycles. The molecular formula is C14H16BrN3O. The Kier molecular flexibility index (Phi) is 4.43. The first-order valence-corrected chi connectivity index (χ1v) is 7.23. The van der Waals surface area contributed by atoms with Crippen LogP contribution >= 0.6 is 15.9 Å². The van der Waals surface area contributed by atoms with Gasteiger partial charge in [0.05, 0.1) is 10.7 Å². The summed E-state index contributed by atoms with van der Waals surface area (Å²) in [6, 6.07) is 4.14. The largest absolute Gasteiger partial charge is 0.444 e. The Morgan fingerprint density at radius 1 is 1.53 bits per heavy atom. The minimum atomic E-state index is 0.301. The highest BCUT2D eigenvalue weighted by molar-refractivity contribution is 9.10. The number of anilines is 1. The number of furan rings is 1. The lowest BCUT2D eigenvalue weighted by atomic mass is 10.1. The van der Waals surface area contributed by atoms with Gasteiger partial charge < -0.3 is 9.73 Å². The number of nitrogens with zero attached hydrogens (tertiary/aromatic N) is 2. The molecule has 2 heterocycles. The Bertz CT molecular complexity index is 615. The molecule has 0 fully saturated rings. The van der Waals surface area contributed by atoms with Gasteiger partial charge >= 0.3 is 0 Å². The number of rotatable bonds is 5. The van der Waals surface area contributed by atoms with Crippen LogP contribution in [0.25, 0.3) is 11.0 Å². The molecule has 1 unspecified atom stereocenters. The van der Waals surface area contributed by atoms with Gasteiger partial charge in [0.15, 0.2) is 5.58 Å². The quantitative estimate of drug-likeness (QED) is 0.883. The maximum absolute atomic E-state index is 8.86. The lowest BCUT2D eigenvalue weighted by molar-refractivity contribution is 0.597. The zero-order valence-corrected chi connectivity index (χ0v) is 12.6. The van der Waals surface area contributed by atoms with Gasteiger partial charge in [-0.05, 0) is 28.8 Å². The number of hydrogen-bond donors (Lipinski definition) is 1. The number of aromatic nitrogens is 1. The molecule has 0 saturated carbocycles. The van der Waals surface area contributed by atoms with E-state index < -0.39 is 0 Å². The second-order valence-corrected chi connectivity index (χ2v) is 5.25. The molecule has 100 valence electrons. The first kappa shape index (κ1) is 13.9. The van der Waals surface area contributed by atoms with Crippen molar-refractivity contribution in [1.82, 2.24) is 4.98 Å². The van der Waals surface area contributed by atoms with Gasteiger partial charge in [0, 0.05) is 17.5 Å². The van der Waals surface area contributed by atoms with Crippen LogP contribution in [0.4, 0.5) is 5.82 Å². The third-order valence-electron chi connectivity index (χ3n) is 3.10. The van der Waals surface area contributed by atoms with Crippen LogP contribution in [0.1, 0.15) is 38.9 Å². The number of pyridine rings is 1. The summed E-state index contributed by atoms with van der Waals surface area (Å²) in [6.07, 6.45) is 4.95. The Morgan fingerprint density at radius 3 is 2.95 bits per heavy atom. The molecule has 0 spiro atoms. The van der Waals surface area contributed by atoms with Gasteiger partial charge in [-0.25, -0.2) is 4.98 Å². The molecule has 0 aliphatic rings. The van der Waals surface area contributed by atoms with E-state index >= 15 is 0 Å². The van der Waals surface area contributed by atoms with Crippen molar-refractivity contribution in [2.75, 3.05) is 5.32 Å². The lowest BCUT2D eigenvalue weighted by Crippen LogP contribution is -2.19. The molecule has 0 amide bonds. The predicted octanol–water partition coefficient (Wildman–Crippen LogP) is 4.45. The van der Waals surface area contributed by atoms with Gasteiger partial charge in [-0.3, -0.25) is 0 Å². The monoisotopic (exact) mass is 321 g/mol. The SMILES string of the molecule is CCCC(CC)Nc1ncc2oc(C#N)cc2c1Br. The molecule has 5 heteroatoms. The predicted molar refractivity (Wildman–Crippen MR) is 79.0 cm³/mol. The summed E-state index contributed by atoms with van der Waals surface area (Å²) in [4.78, 5) is 4.36. The lowest BCUT2D eigenvalue weighted by Gasteiger charge is -2.17. The summed E-state index contributed by atoms with van der Waals surface area (Å²) in [5.74, 6) is 1.10. The third-order valence-corrected chi connectivity index (χ3v) is 3.90. The van der Waals surface area contributed by atoms with Gasteiger partial charge in [-0.15, -0.1) is 0 Å². The van der Waals surface area contributed by atoms with Gasteiger partial charge in [0.25, 0.3) is 0 Å². The van der Waals surface area contributed by atoms with Crippen molar-refractivity contribution in [1.29, 1.82) is 5.26 Å². The van der Waals surface area contributed by atoms with E-state index in [1.165, 1.54) is 0 Å². The molecular weight excluding hydrogens is 306 g/mol. The molecule has 2 rings (SSSR count). The fraction of sp³-hybridized carbons (Fsp3) is 0.429. The van der Waals surface area contributed by atoms with Crippen LogP contribution in [0.2, 0.25) is 0 Å². The zero-order valence-electron chi connectivity index (χ0n) is 11.0.